The number of nitrogens with one attached hydrogen (secondary N) is 1. The maximum atomic E-state index is 5.35. The van der Waals surface area contributed by atoms with Gasteiger partial charge in [0.05, 0.1) is 19.8 Å². The second-order valence-corrected chi connectivity index (χ2v) is 7.42. The Morgan fingerprint density at radius 1 is 1.37 bits per heavy atom. The van der Waals surface area contributed by atoms with Gasteiger partial charge in [0.2, 0.25) is 0 Å². The van der Waals surface area contributed by atoms with E-state index in [4.69, 9.17) is 9.73 Å². The predicted molar refractivity (Wildman–Crippen MR) is 83.0 cm³/mol. The highest BCUT2D eigenvalue weighted by atomic mass is 32.2. The van der Waals surface area contributed by atoms with Crippen LogP contribution in [0.25, 0.3) is 0 Å². The third kappa shape index (κ3) is 4.97. The van der Waals surface area contributed by atoms with Crippen molar-refractivity contribution in [3.63, 3.8) is 0 Å². The molecule has 0 bridgehead atoms. The number of amidine groups is 1. The van der Waals surface area contributed by atoms with E-state index in [1.807, 2.05) is 11.8 Å². The number of aliphatic imine (C=N–C) groups is 1. The number of nitrogens with zero attached hydrogens (tertiary/aromatic N) is 2. The zero-order valence-corrected chi connectivity index (χ0v) is 13.3. The molecule has 2 aliphatic heterocycles. The van der Waals surface area contributed by atoms with Crippen molar-refractivity contribution in [2.75, 3.05) is 45.1 Å². The fourth-order valence-electron chi connectivity index (χ4n) is 2.39. The van der Waals surface area contributed by atoms with Crippen molar-refractivity contribution in [1.29, 1.82) is 0 Å². The lowest BCUT2D eigenvalue weighted by Gasteiger charge is -2.35. The lowest BCUT2D eigenvalue weighted by Crippen LogP contribution is -2.46. The van der Waals surface area contributed by atoms with Crippen LogP contribution < -0.4 is 5.32 Å². The van der Waals surface area contributed by atoms with Crippen LogP contribution in [0.3, 0.4) is 0 Å². The Bertz CT molecular complexity index is 308. The van der Waals surface area contributed by atoms with Crippen molar-refractivity contribution in [3.05, 3.63) is 0 Å². The Morgan fingerprint density at radius 2 is 2.11 bits per heavy atom. The van der Waals surface area contributed by atoms with Crippen LogP contribution in [0.5, 0.6) is 0 Å². The van der Waals surface area contributed by atoms with Gasteiger partial charge in [-0.1, -0.05) is 32.5 Å². The van der Waals surface area contributed by atoms with Gasteiger partial charge in [-0.25, -0.2) is 0 Å². The van der Waals surface area contributed by atoms with Gasteiger partial charge in [-0.05, 0) is 11.8 Å². The molecule has 5 heteroatoms. The molecule has 2 heterocycles. The normalized spacial score (nSPS) is 28.4. The first-order valence-corrected chi connectivity index (χ1v) is 8.28. The molecule has 0 amide bonds. The molecule has 1 atom stereocenters. The van der Waals surface area contributed by atoms with E-state index >= 15 is 0 Å². The zero-order chi connectivity index (χ0) is 13.7. The van der Waals surface area contributed by atoms with Crippen molar-refractivity contribution < 1.29 is 4.74 Å². The van der Waals surface area contributed by atoms with E-state index in [0.717, 1.165) is 44.6 Å². The molecule has 0 radical (unpaired) electrons. The largest absolute Gasteiger partial charge is 0.379 e. The summed E-state index contributed by atoms with van der Waals surface area (Å²) in [6.45, 7) is 12.7. The van der Waals surface area contributed by atoms with E-state index in [0.29, 0.717) is 11.5 Å². The molecule has 1 unspecified atom stereocenters. The van der Waals surface area contributed by atoms with Gasteiger partial charge in [-0.2, -0.15) is 0 Å². The van der Waals surface area contributed by atoms with Gasteiger partial charge in [0.1, 0.15) is 0 Å². The molecule has 2 rings (SSSR count). The van der Waals surface area contributed by atoms with E-state index in [1.165, 1.54) is 12.2 Å². The summed E-state index contributed by atoms with van der Waals surface area (Å²) in [4.78, 5) is 7.16. The molecule has 0 saturated carbocycles. The molecule has 0 spiro atoms. The third-order valence-electron chi connectivity index (χ3n) is 3.76. The van der Waals surface area contributed by atoms with Crippen molar-refractivity contribution in [1.82, 2.24) is 10.2 Å². The summed E-state index contributed by atoms with van der Waals surface area (Å²) >= 11 is 1.87. The molecule has 19 heavy (non-hydrogen) atoms. The molecule has 0 aromatic heterocycles. The number of ether oxygens (including phenoxy) is 1. The third-order valence-corrected chi connectivity index (χ3v) is 4.72. The summed E-state index contributed by atoms with van der Waals surface area (Å²) in [7, 11) is 0. The van der Waals surface area contributed by atoms with Crippen LogP contribution in [0.2, 0.25) is 0 Å². The molecular formula is C14H27N3OS. The fraction of sp³-hybridized carbons (Fsp3) is 0.929. The smallest absolute Gasteiger partial charge is 0.156 e. The van der Waals surface area contributed by atoms with Crippen molar-refractivity contribution >= 4 is 16.9 Å². The van der Waals surface area contributed by atoms with Crippen molar-refractivity contribution in [2.24, 2.45) is 10.4 Å². The predicted octanol–water partition coefficient (Wildman–Crippen LogP) is 1.82. The summed E-state index contributed by atoms with van der Waals surface area (Å²) in [5.74, 6) is 1.19. The minimum atomic E-state index is 0.311. The number of morpholine rings is 1. The van der Waals surface area contributed by atoms with Gasteiger partial charge in [-0.3, -0.25) is 9.89 Å². The average molecular weight is 285 g/mol. The van der Waals surface area contributed by atoms with Gasteiger partial charge >= 0.3 is 0 Å². The zero-order valence-electron chi connectivity index (χ0n) is 12.4. The fourth-order valence-corrected chi connectivity index (χ4v) is 3.35. The minimum Gasteiger partial charge on any atom is -0.379 e. The highest BCUT2D eigenvalue weighted by molar-refractivity contribution is 8.13. The van der Waals surface area contributed by atoms with Gasteiger partial charge in [0.15, 0.2) is 5.17 Å². The molecule has 2 aliphatic rings. The average Bonchev–Trinajstić information content (AvgIpc) is 2.39. The minimum absolute atomic E-state index is 0.311. The van der Waals surface area contributed by atoms with Crippen molar-refractivity contribution in [3.8, 4) is 0 Å². The number of hydrogen-bond donors (Lipinski definition) is 1. The lowest BCUT2D eigenvalue weighted by molar-refractivity contribution is 0.0394. The Hall–Kier alpha value is -0.260. The van der Waals surface area contributed by atoms with E-state index in [2.05, 4.69) is 31.0 Å². The Kier molecular flexibility index (Phi) is 5.54. The second kappa shape index (κ2) is 6.95. The summed E-state index contributed by atoms with van der Waals surface area (Å²) in [6, 6.07) is 0.552. The number of thioether (sulfide) groups is 1. The summed E-state index contributed by atoms with van der Waals surface area (Å²) in [5, 5.41) is 4.74. The number of hydrogen-bond acceptors (Lipinski definition) is 4. The van der Waals surface area contributed by atoms with E-state index in [1.54, 1.807) is 0 Å². The molecule has 2 saturated heterocycles. The Morgan fingerprint density at radius 3 is 2.79 bits per heavy atom. The lowest BCUT2D eigenvalue weighted by atomic mass is 9.85. The van der Waals surface area contributed by atoms with Crippen LogP contribution in [-0.4, -0.2) is 61.3 Å². The van der Waals surface area contributed by atoms with Crippen LogP contribution in [0.4, 0.5) is 0 Å². The maximum Gasteiger partial charge on any atom is 0.156 e. The first kappa shape index (κ1) is 15.1. The van der Waals surface area contributed by atoms with Gasteiger partial charge in [0, 0.05) is 31.4 Å². The van der Waals surface area contributed by atoms with E-state index in [-0.39, 0.29) is 0 Å². The number of rotatable bonds is 3. The van der Waals surface area contributed by atoms with Gasteiger partial charge in [-0.15, -0.1) is 0 Å². The second-order valence-electron chi connectivity index (χ2n) is 6.34. The van der Waals surface area contributed by atoms with Crippen LogP contribution >= 0.6 is 11.8 Å². The summed E-state index contributed by atoms with van der Waals surface area (Å²) in [6.07, 6.45) is 1.23. The van der Waals surface area contributed by atoms with Crippen LogP contribution in [0, 0.1) is 5.41 Å². The van der Waals surface area contributed by atoms with Gasteiger partial charge < -0.3 is 10.1 Å². The SMILES string of the molecule is CC(C)(C)C1CCSC(=NCCN2CCOCC2)N1. The van der Waals surface area contributed by atoms with E-state index in [9.17, 15) is 0 Å². The van der Waals surface area contributed by atoms with Crippen LogP contribution in [0.1, 0.15) is 27.2 Å². The van der Waals surface area contributed by atoms with E-state index < -0.39 is 0 Å². The van der Waals surface area contributed by atoms with Crippen LogP contribution in [0.15, 0.2) is 4.99 Å². The molecule has 4 nitrogen and oxygen atoms in total. The topological polar surface area (TPSA) is 36.9 Å². The Labute approximate surface area is 121 Å². The molecule has 110 valence electrons. The molecular weight excluding hydrogens is 258 g/mol. The molecule has 0 aromatic carbocycles. The van der Waals surface area contributed by atoms with Crippen LogP contribution in [-0.2, 0) is 4.74 Å². The molecule has 2 fully saturated rings. The summed E-state index contributed by atoms with van der Waals surface area (Å²) in [5.41, 5.74) is 0.311. The van der Waals surface area contributed by atoms with Crippen molar-refractivity contribution in [2.45, 2.75) is 33.2 Å². The molecule has 0 aromatic rings. The highest BCUT2D eigenvalue weighted by Crippen LogP contribution is 2.27. The van der Waals surface area contributed by atoms with Gasteiger partial charge in [0.25, 0.3) is 0 Å². The Balaban J connectivity index is 1.75. The molecule has 0 aliphatic carbocycles. The quantitative estimate of drug-likeness (QED) is 0.858. The monoisotopic (exact) mass is 285 g/mol. The summed E-state index contributed by atoms with van der Waals surface area (Å²) < 4.78 is 5.35. The maximum absolute atomic E-state index is 5.35. The standard InChI is InChI=1S/C14H27N3OS/c1-14(2,3)12-4-11-19-13(16-12)15-5-6-17-7-9-18-10-8-17/h12H,4-11H2,1-3H3,(H,15,16). The highest BCUT2D eigenvalue weighted by Gasteiger charge is 2.28. The first-order chi connectivity index (χ1) is 9.05. The molecule has 1 N–H and O–H groups in total. The first-order valence-electron chi connectivity index (χ1n) is 7.29.